The molecule has 0 aliphatic heterocycles. The molecule has 7 atom stereocenters. The predicted octanol–water partition coefficient (Wildman–Crippen LogP) is 5.72. The molecule has 4 bridgehead atoms. The van der Waals surface area contributed by atoms with Crippen LogP contribution in [0.2, 0.25) is 19.6 Å². The Bertz CT molecular complexity index is 941. The number of non-ortho nitro benzene ring substituents is 1. The summed E-state index contributed by atoms with van der Waals surface area (Å²) in [5.41, 5.74) is 9.28. The van der Waals surface area contributed by atoms with Crippen LogP contribution in [0.1, 0.15) is 25.7 Å². The molecule has 0 heterocycles. The van der Waals surface area contributed by atoms with Gasteiger partial charge in [0.1, 0.15) is 6.10 Å². The van der Waals surface area contributed by atoms with E-state index >= 15 is 0 Å². The van der Waals surface area contributed by atoms with Gasteiger partial charge in [0.15, 0.2) is 8.32 Å². The minimum absolute atomic E-state index is 0.00334. The van der Waals surface area contributed by atoms with Crippen LogP contribution in [-0.2, 0) is 9.16 Å². The van der Waals surface area contributed by atoms with Gasteiger partial charge in [-0.25, -0.2) is 4.79 Å². The van der Waals surface area contributed by atoms with E-state index in [1.165, 1.54) is 49.9 Å². The molecule has 0 radical (unpaired) electrons. The van der Waals surface area contributed by atoms with Crippen LogP contribution in [0, 0.1) is 39.7 Å². The first-order valence-corrected chi connectivity index (χ1v) is 15.0. The van der Waals surface area contributed by atoms with Crippen LogP contribution < -0.4 is 5.32 Å². The van der Waals surface area contributed by atoms with E-state index in [0.29, 0.717) is 23.4 Å². The maximum absolute atomic E-state index is 12.8. The molecule has 5 rings (SSSR count). The Morgan fingerprint density at radius 1 is 1.24 bits per heavy atom. The topological polar surface area (TPSA) is 139 Å². The molecule has 33 heavy (non-hydrogen) atoms. The van der Waals surface area contributed by atoms with Gasteiger partial charge in [-0.15, -0.1) is 0 Å². The lowest BCUT2D eigenvalue weighted by Crippen LogP contribution is -2.50. The highest BCUT2D eigenvalue weighted by molar-refractivity contribution is 6.69. The summed E-state index contributed by atoms with van der Waals surface area (Å²) in [4.78, 5) is 26.0. The molecule has 0 spiro atoms. The van der Waals surface area contributed by atoms with E-state index < -0.39 is 25.4 Å². The summed E-state index contributed by atoms with van der Waals surface area (Å²) in [6, 6.07) is 5.53. The Labute approximate surface area is 193 Å². The number of anilines is 1. The van der Waals surface area contributed by atoms with Crippen LogP contribution in [0.5, 0.6) is 0 Å². The van der Waals surface area contributed by atoms with Crippen LogP contribution in [0.4, 0.5) is 16.2 Å². The molecule has 4 aliphatic rings. The Balaban J connectivity index is 1.53. The standard InChI is InChI=1S/C22H31N5O5Si/c1-33(2,3)32-21(20-15-9-13-8-14(11-15)18(20)10-13)19(12-24-26-23)31-22(28)25-16-4-6-17(7-5-16)27(29)30/h4-7,13-15,18-21H,8-12H2,1-3H3,(H,25,28). The second-order valence-corrected chi connectivity index (χ2v) is 15.0. The third-order valence-corrected chi connectivity index (χ3v) is 8.25. The summed E-state index contributed by atoms with van der Waals surface area (Å²) in [5.74, 6) is 2.96. The molecule has 4 saturated carbocycles. The number of hydrogen-bond acceptors (Lipinski definition) is 6. The number of carbonyl (C=O) groups excluding carboxylic acids is 1. The summed E-state index contributed by atoms with van der Waals surface area (Å²) in [7, 11) is -2.00. The van der Waals surface area contributed by atoms with Crippen molar-refractivity contribution in [2.24, 2.45) is 34.7 Å². The van der Waals surface area contributed by atoms with Gasteiger partial charge in [-0.3, -0.25) is 15.4 Å². The van der Waals surface area contributed by atoms with Gasteiger partial charge in [0, 0.05) is 22.7 Å². The van der Waals surface area contributed by atoms with E-state index in [-0.39, 0.29) is 18.3 Å². The number of carbonyl (C=O) groups is 1. The number of nitro benzene ring substituents is 1. The summed E-state index contributed by atoms with van der Waals surface area (Å²) < 4.78 is 12.5. The lowest BCUT2D eigenvalue weighted by Gasteiger charge is -2.42. The van der Waals surface area contributed by atoms with Gasteiger partial charge in [0.25, 0.3) is 5.69 Å². The van der Waals surface area contributed by atoms with Crippen LogP contribution >= 0.6 is 0 Å². The zero-order chi connectivity index (χ0) is 23.8. The average molecular weight is 474 g/mol. The molecule has 10 nitrogen and oxygen atoms in total. The maximum atomic E-state index is 12.8. The maximum Gasteiger partial charge on any atom is 0.411 e. The predicted molar refractivity (Wildman–Crippen MR) is 125 cm³/mol. The molecular formula is C22H31N5O5Si. The van der Waals surface area contributed by atoms with E-state index in [1.54, 1.807) is 0 Å². The van der Waals surface area contributed by atoms with Crippen LogP contribution in [0.3, 0.4) is 0 Å². The first-order valence-electron chi connectivity index (χ1n) is 11.6. The van der Waals surface area contributed by atoms with Crippen molar-refractivity contribution in [3.63, 3.8) is 0 Å². The van der Waals surface area contributed by atoms with Gasteiger partial charge in [0.05, 0.1) is 17.6 Å². The number of azide groups is 1. The smallest absolute Gasteiger partial charge is 0.411 e. The fourth-order valence-corrected chi connectivity index (χ4v) is 7.51. The molecule has 7 unspecified atom stereocenters. The van der Waals surface area contributed by atoms with Crippen LogP contribution in [0.25, 0.3) is 10.4 Å². The Morgan fingerprint density at radius 2 is 1.94 bits per heavy atom. The quantitative estimate of drug-likeness (QED) is 0.122. The van der Waals surface area contributed by atoms with Crippen molar-refractivity contribution in [1.82, 2.24) is 0 Å². The molecule has 1 N–H and O–H groups in total. The van der Waals surface area contributed by atoms with Crippen molar-refractivity contribution in [2.45, 2.75) is 57.5 Å². The second kappa shape index (κ2) is 9.32. The number of nitrogens with one attached hydrogen (secondary N) is 1. The molecule has 0 saturated heterocycles. The molecule has 1 aromatic rings. The fourth-order valence-electron chi connectivity index (χ4n) is 6.39. The number of nitrogens with zero attached hydrogens (tertiary/aromatic N) is 4. The largest absolute Gasteiger partial charge is 0.443 e. The van der Waals surface area contributed by atoms with Gasteiger partial charge in [-0.05, 0) is 92.6 Å². The van der Waals surface area contributed by atoms with E-state index in [0.717, 1.165) is 11.8 Å². The van der Waals surface area contributed by atoms with Crippen molar-refractivity contribution in [3.8, 4) is 0 Å². The second-order valence-electron chi connectivity index (χ2n) is 10.6. The number of benzene rings is 1. The van der Waals surface area contributed by atoms with Crippen molar-refractivity contribution in [2.75, 3.05) is 11.9 Å². The molecule has 11 heteroatoms. The van der Waals surface area contributed by atoms with Crippen molar-refractivity contribution < 1.29 is 18.9 Å². The molecule has 4 aliphatic carbocycles. The summed E-state index contributed by atoms with van der Waals surface area (Å²) >= 11 is 0. The van der Waals surface area contributed by atoms with E-state index in [1.807, 2.05) is 0 Å². The number of ether oxygens (including phenoxy) is 1. The van der Waals surface area contributed by atoms with Crippen LogP contribution in [-0.4, -0.2) is 38.1 Å². The van der Waals surface area contributed by atoms with Gasteiger partial charge in [-0.2, -0.15) is 0 Å². The van der Waals surface area contributed by atoms with E-state index in [2.05, 4.69) is 35.0 Å². The minimum Gasteiger partial charge on any atom is -0.443 e. The highest BCUT2D eigenvalue weighted by atomic mass is 28.4. The minimum atomic E-state index is -2.00. The SMILES string of the molecule is C[Si](C)(C)OC(C(CN=[N+]=[N-])OC(=O)Nc1ccc([N+](=O)[O-])cc1)C1C2CC3CC(C2)C1C3. The number of hydrogen-bond donors (Lipinski definition) is 1. The monoisotopic (exact) mass is 473 g/mol. The Morgan fingerprint density at radius 3 is 2.55 bits per heavy atom. The van der Waals surface area contributed by atoms with Gasteiger partial charge >= 0.3 is 6.09 Å². The molecular weight excluding hydrogens is 442 g/mol. The summed E-state index contributed by atoms with van der Waals surface area (Å²) in [6.45, 7) is 6.36. The summed E-state index contributed by atoms with van der Waals surface area (Å²) in [5, 5.41) is 17.2. The molecule has 4 fully saturated rings. The number of rotatable bonds is 9. The molecule has 178 valence electrons. The highest BCUT2D eigenvalue weighted by Gasteiger charge is 2.57. The number of amides is 1. The van der Waals surface area contributed by atoms with Gasteiger partial charge < -0.3 is 9.16 Å². The molecule has 1 aromatic carbocycles. The third-order valence-electron chi connectivity index (χ3n) is 7.27. The normalized spacial score (nSPS) is 29.2. The zero-order valence-electron chi connectivity index (χ0n) is 19.2. The lowest BCUT2D eigenvalue weighted by atomic mass is 9.72. The first kappa shape index (κ1) is 23.5. The van der Waals surface area contributed by atoms with Crippen molar-refractivity contribution >= 4 is 25.8 Å². The zero-order valence-corrected chi connectivity index (χ0v) is 20.2. The number of nitro groups is 1. The van der Waals surface area contributed by atoms with Gasteiger partial charge in [0.2, 0.25) is 0 Å². The van der Waals surface area contributed by atoms with E-state index in [9.17, 15) is 14.9 Å². The lowest BCUT2D eigenvalue weighted by molar-refractivity contribution is -0.384. The van der Waals surface area contributed by atoms with Crippen molar-refractivity contribution in [3.05, 3.63) is 44.8 Å². The Hall–Kier alpha value is -2.62. The van der Waals surface area contributed by atoms with Gasteiger partial charge in [-0.1, -0.05) is 5.11 Å². The van der Waals surface area contributed by atoms with E-state index in [4.69, 9.17) is 14.7 Å². The Kier molecular flexibility index (Phi) is 6.65. The van der Waals surface area contributed by atoms with Crippen molar-refractivity contribution in [1.29, 1.82) is 0 Å². The first-order chi connectivity index (χ1) is 15.6. The van der Waals surface area contributed by atoms with Crippen LogP contribution in [0.15, 0.2) is 29.4 Å². The fraction of sp³-hybridized carbons (Fsp3) is 0.682. The molecule has 1 amide bonds. The molecule has 0 aromatic heterocycles. The highest BCUT2D eigenvalue weighted by Crippen LogP contribution is 2.62. The summed E-state index contributed by atoms with van der Waals surface area (Å²) in [6.07, 6.45) is 3.20. The average Bonchev–Trinajstić information content (AvgIpc) is 3.16. The third kappa shape index (κ3) is 5.31.